The normalized spacial score (nSPS) is 12.2. The van der Waals surface area contributed by atoms with Crippen LogP contribution in [0.2, 0.25) is 5.02 Å². The number of hydrogen-bond acceptors (Lipinski definition) is 3. The molecule has 1 amide bonds. The second-order valence-corrected chi connectivity index (χ2v) is 9.08. The fraction of sp³-hybridized carbons (Fsp3) is 0.222. The van der Waals surface area contributed by atoms with Crippen molar-refractivity contribution in [3.8, 4) is 5.69 Å². The largest absolute Gasteiger partial charge is 0.328 e. The molecule has 7 heteroatoms. The number of para-hydroxylation sites is 1. The molecule has 0 aliphatic heterocycles. The Morgan fingerprint density at radius 1 is 1.03 bits per heavy atom. The first-order chi connectivity index (χ1) is 16.3. The van der Waals surface area contributed by atoms with Gasteiger partial charge in [0.25, 0.3) is 11.5 Å². The summed E-state index contributed by atoms with van der Waals surface area (Å²) in [6, 6.07) is 19.0. The van der Waals surface area contributed by atoms with E-state index < -0.39 is 11.9 Å². The fourth-order valence-corrected chi connectivity index (χ4v) is 4.19. The third-order valence-electron chi connectivity index (χ3n) is 5.62. The van der Waals surface area contributed by atoms with E-state index in [2.05, 4.69) is 0 Å². The minimum Gasteiger partial charge on any atom is -0.328 e. The summed E-state index contributed by atoms with van der Waals surface area (Å²) in [5, 5.41) is 0.955. The van der Waals surface area contributed by atoms with Crippen LogP contribution in [0.3, 0.4) is 0 Å². The summed E-state index contributed by atoms with van der Waals surface area (Å²) in [4.78, 5) is 33.6. The molecule has 1 aromatic heterocycles. The highest BCUT2D eigenvalue weighted by molar-refractivity contribution is 6.30. The lowest BCUT2D eigenvalue weighted by molar-refractivity contribution is 0.0655. The Bertz CT molecular complexity index is 1400. The van der Waals surface area contributed by atoms with Crippen LogP contribution in [-0.2, 0) is 0 Å². The minimum absolute atomic E-state index is 0.152. The minimum atomic E-state index is -0.559. The topological polar surface area (TPSA) is 55.2 Å². The van der Waals surface area contributed by atoms with Crippen LogP contribution in [0.4, 0.5) is 4.39 Å². The first-order valence-corrected chi connectivity index (χ1v) is 11.5. The number of carbonyl (C=O) groups excluding carboxylic acids is 1. The van der Waals surface area contributed by atoms with Gasteiger partial charge in [-0.2, -0.15) is 0 Å². The van der Waals surface area contributed by atoms with Crippen molar-refractivity contribution in [2.24, 2.45) is 5.92 Å². The smallest absolute Gasteiger partial charge is 0.266 e. The number of benzene rings is 3. The molecule has 174 valence electrons. The summed E-state index contributed by atoms with van der Waals surface area (Å²) in [5.74, 6) is -0.104. The molecule has 0 N–H and O–H groups in total. The van der Waals surface area contributed by atoms with E-state index in [1.165, 1.54) is 28.8 Å². The molecule has 0 aliphatic rings. The van der Waals surface area contributed by atoms with Crippen molar-refractivity contribution in [2.75, 3.05) is 6.54 Å². The molecule has 0 spiro atoms. The van der Waals surface area contributed by atoms with E-state index in [1.807, 2.05) is 26.8 Å². The van der Waals surface area contributed by atoms with Gasteiger partial charge in [-0.1, -0.05) is 43.6 Å². The Morgan fingerprint density at radius 2 is 1.74 bits per heavy atom. The molecule has 3 aromatic carbocycles. The van der Waals surface area contributed by atoms with E-state index in [9.17, 15) is 14.0 Å². The molecule has 4 rings (SSSR count). The van der Waals surface area contributed by atoms with Gasteiger partial charge in [0, 0.05) is 17.1 Å². The number of hydrogen-bond donors (Lipinski definition) is 0. The summed E-state index contributed by atoms with van der Waals surface area (Å²) >= 11 is 6.24. The van der Waals surface area contributed by atoms with Gasteiger partial charge in [-0.15, -0.1) is 0 Å². The SMILES string of the molecule is CC(C)CN(C(=O)c1ccc(F)cc1)C(C)c1nc2ccccc2c(=O)n1-c1cccc(Cl)c1. The van der Waals surface area contributed by atoms with Crippen LogP contribution < -0.4 is 5.56 Å². The summed E-state index contributed by atoms with van der Waals surface area (Å²) in [7, 11) is 0. The molecular weight excluding hydrogens is 453 g/mol. The number of aromatic nitrogens is 2. The maximum absolute atomic E-state index is 13.6. The van der Waals surface area contributed by atoms with Crippen LogP contribution in [0.15, 0.2) is 77.6 Å². The van der Waals surface area contributed by atoms with Crippen molar-refractivity contribution >= 4 is 28.4 Å². The predicted molar refractivity (Wildman–Crippen MR) is 133 cm³/mol. The van der Waals surface area contributed by atoms with Gasteiger partial charge in [-0.05, 0) is 67.4 Å². The number of carbonyl (C=O) groups is 1. The lowest BCUT2D eigenvalue weighted by Crippen LogP contribution is -2.39. The molecule has 34 heavy (non-hydrogen) atoms. The predicted octanol–water partition coefficient (Wildman–Crippen LogP) is 6.04. The Labute approximate surface area is 202 Å². The maximum atomic E-state index is 13.6. The molecule has 1 heterocycles. The summed E-state index contributed by atoms with van der Waals surface area (Å²) in [5.41, 5.74) is 1.24. The molecular formula is C27H25ClFN3O2. The summed E-state index contributed by atoms with van der Waals surface area (Å²) in [6.45, 7) is 6.29. The standard InChI is InChI=1S/C27H25ClFN3O2/c1-17(2)16-31(26(33)19-11-13-21(29)14-12-19)18(3)25-30-24-10-5-4-9-23(24)27(34)32(25)22-8-6-7-20(28)15-22/h4-15,17-18H,16H2,1-3H3. The number of rotatable bonds is 6. The van der Waals surface area contributed by atoms with Gasteiger partial charge < -0.3 is 4.90 Å². The Morgan fingerprint density at radius 3 is 2.41 bits per heavy atom. The Balaban J connectivity index is 1.92. The third-order valence-corrected chi connectivity index (χ3v) is 5.86. The number of nitrogens with zero attached hydrogens (tertiary/aromatic N) is 3. The van der Waals surface area contributed by atoms with Crippen LogP contribution in [0.25, 0.3) is 16.6 Å². The molecule has 0 bridgehead atoms. The Hall–Kier alpha value is -3.51. The van der Waals surface area contributed by atoms with E-state index in [0.717, 1.165) is 0 Å². The molecule has 1 atom stereocenters. The van der Waals surface area contributed by atoms with Crippen molar-refractivity contribution in [1.82, 2.24) is 14.5 Å². The third kappa shape index (κ3) is 4.73. The van der Waals surface area contributed by atoms with Crippen LogP contribution in [-0.4, -0.2) is 26.9 Å². The van der Waals surface area contributed by atoms with Crippen molar-refractivity contribution < 1.29 is 9.18 Å². The number of amides is 1. The van der Waals surface area contributed by atoms with Gasteiger partial charge in [0.05, 0.1) is 22.6 Å². The average molecular weight is 478 g/mol. The van der Waals surface area contributed by atoms with E-state index in [0.29, 0.717) is 39.5 Å². The Kier molecular flexibility index (Phi) is 6.80. The van der Waals surface area contributed by atoms with Gasteiger partial charge in [0.1, 0.15) is 11.6 Å². The molecule has 0 radical (unpaired) electrons. The zero-order valence-corrected chi connectivity index (χ0v) is 20.0. The van der Waals surface area contributed by atoms with Crippen LogP contribution in [0.1, 0.15) is 43.0 Å². The van der Waals surface area contributed by atoms with E-state index >= 15 is 0 Å². The molecule has 0 fully saturated rings. The maximum Gasteiger partial charge on any atom is 0.266 e. The first kappa shape index (κ1) is 23.6. The monoisotopic (exact) mass is 477 g/mol. The number of halogens is 2. The first-order valence-electron chi connectivity index (χ1n) is 11.1. The molecule has 0 saturated heterocycles. The lowest BCUT2D eigenvalue weighted by Gasteiger charge is -2.32. The van der Waals surface area contributed by atoms with Crippen molar-refractivity contribution in [3.05, 3.63) is 105 Å². The molecule has 1 unspecified atom stereocenters. The zero-order valence-electron chi connectivity index (χ0n) is 19.2. The van der Waals surface area contributed by atoms with Crippen molar-refractivity contribution in [1.29, 1.82) is 0 Å². The summed E-state index contributed by atoms with van der Waals surface area (Å²) in [6.07, 6.45) is 0. The molecule has 5 nitrogen and oxygen atoms in total. The van der Waals surface area contributed by atoms with Crippen LogP contribution in [0.5, 0.6) is 0 Å². The van der Waals surface area contributed by atoms with Crippen LogP contribution >= 0.6 is 11.6 Å². The molecule has 0 saturated carbocycles. The van der Waals surface area contributed by atoms with Crippen molar-refractivity contribution in [3.63, 3.8) is 0 Å². The van der Waals surface area contributed by atoms with Crippen molar-refractivity contribution in [2.45, 2.75) is 26.8 Å². The summed E-state index contributed by atoms with van der Waals surface area (Å²) < 4.78 is 15.0. The highest BCUT2D eigenvalue weighted by Gasteiger charge is 2.28. The highest BCUT2D eigenvalue weighted by Crippen LogP contribution is 2.26. The van der Waals surface area contributed by atoms with Gasteiger partial charge in [-0.25, -0.2) is 9.37 Å². The van der Waals surface area contributed by atoms with Gasteiger partial charge in [0.15, 0.2) is 0 Å². The van der Waals surface area contributed by atoms with E-state index in [4.69, 9.17) is 16.6 Å². The highest BCUT2D eigenvalue weighted by atomic mass is 35.5. The molecule has 0 aliphatic carbocycles. The molecule has 4 aromatic rings. The van der Waals surface area contributed by atoms with E-state index in [-0.39, 0.29) is 17.4 Å². The fourth-order valence-electron chi connectivity index (χ4n) is 4.00. The second kappa shape index (κ2) is 9.77. The lowest BCUT2D eigenvalue weighted by atomic mass is 10.1. The zero-order chi connectivity index (χ0) is 24.4. The van der Waals surface area contributed by atoms with Crippen LogP contribution in [0, 0.1) is 11.7 Å². The van der Waals surface area contributed by atoms with Gasteiger partial charge in [0.2, 0.25) is 0 Å². The number of fused-ring (bicyclic) bond motifs is 1. The van der Waals surface area contributed by atoms with Gasteiger partial charge >= 0.3 is 0 Å². The second-order valence-electron chi connectivity index (χ2n) is 8.64. The quantitative estimate of drug-likeness (QED) is 0.340. The van der Waals surface area contributed by atoms with Gasteiger partial charge in [-0.3, -0.25) is 14.2 Å². The average Bonchev–Trinajstić information content (AvgIpc) is 2.82. The van der Waals surface area contributed by atoms with E-state index in [1.54, 1.807) is 47.4 Å².